The first-order valence-corrected chi connectivity index (χ1v) is 9.26. The third-order valence-corrected chi connectivity index (χ3v) is 5.35. The van der Waals surface area contributed by atoms with Crippen LogP contribution in [0.4, 0.5) is 5.69 Å². The number of nitrogens with one attached hydrogen (secondary N) is 2. The molecule has 4 rings (SSSR count). The number of benzene rings is 1. The number of aromatic nitrogens is 2. The minimum Gasteiger partial charge on any atom is -0.377 e. The lowest BCUT2D eigenvalue weighted by Crippen LogP contribution is -2.40. The van der Waals surface area contributed by atoms with Crippen molar-refractivity contribution in [3.05, 3.63) is 34.8 Å². The fourth-order valence-electron chi connectivity index (χ4n) is 2.93. The van der Waals surface area contributed by atoms with Crippen LogP contribution in [-0.4, -0.2) is 59.2 Å². The smallest absolute Gasteiger partial charge is 0.209 e. The predicted molar refractivity (Wildman–Crippen MR) is 102 cm³/mol. The highest BCUT2D eigenvalue weighted by Gasteiger charge is 2.20. The normalized spacial score (nSPS) is 17.4. The lowest BCUT2D eigenvalue weighted by Gasteiger charge is -2.28. The summed E-state index contributed by atoms with van der Waals surface area (Å²) in [6.07, 6.45) is 5.07. The van der Waals surface area contributed by atoms with Crippen molar-refractivity contribution in [2.75, 3.05) is 31.6 Å². The zero-order valence-corrected chi connectivity index (χ0v) is 15.0. The average molecular weight is 369 g/mol. The first kappa shape index (κ1) is 16.9. The molecule has 26 heavy (non-hydrogen) atoms. The molecule has 2 aliphatic rings. The van der Waals surface area contributed by atoms with Gasteiger partial charge in [0.25, 0.3) is 0 Å². The van der Waals surface area contributed by atoms with E-state index in [0.717, 1.165) is 46.8 Å². The standard InChI is InChI=1S/C18H19N5O2S/c19-8-14-2-1-13(7-16(14)20-15-9-25-10-15)17-21-18(26-22-17)12-3-5-23(11-24)6-4-12/h1-3,7-8,11,15,19-20H,4-6,9-10H2. The third-order valence-electron chi connectivity index (χ3n) is 4.56. The molecule has 1 fully saturated rings. The number of rotatable bonds is 6. The Morgan fingerprint density at radius 1 is 1.38 bits per heavy atom. The van der Waals surface area contributed by atoms with Crippen molar-refractivity contribution in [3.8, 4) is 11.4 Å². The van der Waals surface area contributed by atoms with Gasteiger partial charge in [-0.2, -0.15) is 4.37 Å². The van der Waals surface area contributed by atoms with E-state index in [-0.39, 0.29) is 6.04 Å². The first-order chi connectivity index (χ1) is 12.8. The van der Waals surface area contributed by atoms with Crippen molar-refractivity contribution in [1.82, 2.24) is 14.3 Å². The summed E-state index contributed by atoms with van der Waals surface area (Å²) in [4.78, 5) is 17.2. The number of nitrogens with zero attached hydrogens (tertiary/aromatic N) is 3. The molecule has 2 aliphatic heterocycles. The number of ether oxygens (including phenoxy) is 1. The van der Waals surface area contributed by atoms with Gasteiger partial charge in [-0.25, -0.2) is 4.98 Å². The van der Waals surface area contributed by atoms with E-state index in [9.17, 15) is 4.79 Å². The average Bonchev–Trinajstić information content (AvgIpc) is 3.15. The molecule has 0 atom stereocenters. The van der Waals surface area contributed by atoms with E-state index in [1.165, 1.54) is 17.7 Å². The summed E-state index contributed by atoms with van der Waals surface area (Å²) in [5.74, 6) is 0.688. The van der Waals surface area contributed by atoms with Crippen LogP contribution < -0.4 is 5.32 Å². The summed E-state index contributed by atoms with van der Waals surface area (Å²) < 4.78 is 9.72. The van der Waals surface area contributed by atoms with Gasteiger partial charge in [-0.3, -0.25) is 4.79 Å². The van der Waals surface area contributed by atoms with Gasteiger partial charge in [0.2, 0.25) is 6.41 Å². The maximum Gasteiger partial charge on any atom is 0.209 e. The van der Waals surface area contributed by atoms with Gasteiger partial charge in [0.15, 0.2) is 5.82 Å². The van der Waals surface area contributed by atoms with Crippen molar-refractivity contribution in [2.45, 2.75) is 12.5 Å². The second-order valence-corrected chi connectivity index (χ2v) is 7.08. The SMILES string of the molecule is N=Cc1ccc(-c2nsc(C3=CCN(C=O)CC3)n2)cc1NC1COC1. The van der Waals surface area contributed by atoms with Gasteiger partial charge in [-0.05, 0) is 29.6 Å². The summed E-state index contributed by atoms with van der Waals surface area (Å²) in [5.41, 5.74) is 3.81. The minimum atomic E-state index is 0.288. The Hall–Kier alpha value is -2.58. The van der Waals surface area contributed by atoms with Crippen molar-refractivity contribution < 1.29 is 9.53 Å². The van der Waals surface area contributed by atoms with E-state index < -0.39 is 0 Å². The van der Waals surface area contributed by atoms with Crippen LogP contribution in [0.3, 0.4) is 0 Å². The molecule has 0 radical (unpaired) electrons. The predicted octanol–water partition coefficient (Wildman–Crippen LogP) is 2.26. The molecule has 0 unspecified atom stereocenters. The molecule has 134 valence electrons. The maximum atomic E-state index is 10.8. The molecule has 8 heteroatoms. The Bertz CT molecular complexity index is 859. The fourth-order valence-corrected chi connectivity index (χ4v) is 3.68. The van der Waals surface area contributed by atoms with Crippen LogP contribution in [0.5, 0.6) is 0 Å². The van der Waals surface area contributed by atoms with Gasteiger partial charge >= 0.3 is 0 Å². The van der Waals surface area contributed by atoms with Crippen molar-refractivity contribution >= 4 is 35.4 Å². The fraction of sp³-hybridized carbons (Fsp3) is 0.333. The molecule has 7 nitrogen and oxygen atoms in total. The Kier molecular flexibility index (Phi) is 4.77. The number of hydrogen-bond donors (Lipinski definition) is 2. The highest BCUT2D eigenvalue weighted by molar-refractivity contribution is 7.06. The molecule has 0 spiro atoms. The Morgan fingerprint density at radius 3 is 2.92 bits per heavy atom. The Balaban J connectivity index is 1.57. The van der Waals surface area contributed by atoms with Crippen molar-refractivity contribution in [2.24, 2.45) is 0 Å². The molecule has 0 saturated carbocycles. The number of carbonyl (C=O) groups is 1. The summed E-state index contributed by atoms with van der Waals surface area (Å²) in [7, 11) is 0. The van der Waals surface area contributed by atoms with E-state index in [4.69, 9.17) is 10.1 Å². The summed E-state index contributed by atoms with van der Waals surface area (Å²) >= 11 is 1.38. The third kappa shape index (κ3) is 3.38. The van der Waals surface area contributed by atoms with Crippen molar-refractivity contribution in [1.29, 1.82) is 5.41 Å². The number of carbonyl (C=O) groups excluding carboxylic acids is 1. The number of hydrogen-bond acceptors (Lipinski definition) is 7. The minimum absolute atomic E-state index is 0.288. The molecule has 1 aromatic heterocycles. The van der Waals surface area contributed by atoms with Crippen LogP contribution in [0, 0.1) is 5.41 Å². The topological polar surface area (TPSA) is 91.2 Å². The van der Waals surface area contributed by atoms with Crippen LogP contribution in [0.25, 0.3) is 17.0 Å². The number of anilines is 1. The van der Waals surface area contributed by atoms with Gasteiger partial charge in [0, 0.05) is 36.1 Å². The molecule has 1 aromatic carbocycles. The summed E-state index contributed by atoms with van der Waals surface area (Å²) in [5, 5.41) is 11.9. The Labute approximate surface area is 155 Å². The lowest BCUT2D eigenvalue weighted by molar-refractivity contribution is -0.117. The van der Waals surface area contributed by atoms with Crippen molar-refractivity contribution in [3.63, 3.8) is 0 Å². The number of amides is 1. The first-order valence-electron chi connectivity index (χ1n) is 8.48. The summed E-state index contributed by atoms with van der Waals surface area (Å²) in [6.45, 7) is 2.72. The lowest BCUT2D eigenvalue weighted by atomic mass is 10.1. The van der Waals surface area contributed by atoms with Gasteiger partial charge in [0.1, 0.15) is 5.01 Å². The second-order valence-electron chi connectivity index (χ2n) is 6.33. The highest BCUT2D eigenvalue weighted by Crippen LogP contribution is 2.29. The quantitative estimate of drug-likeness (QED) is 0.602. The molecular weight excluding hydrogens is 350 g/mol. The molecule has 0 aliphatic carbocycles. The van der Waals surface area contributed by atoms with Crippen LogP contribution >= 0.6 is 11.5 Å². The van der Waals surface area contributed by atoms with Gasteiger partial charge in [0.05, 0.1) is 19.3 Å². The largest absolute Gasteiger partial charge is 0.377 e. The molecule has 1 saturated heterocycles. The molecule has 1 amide bonds. The molecule has 2 N–H and O–H groups in total. The van der Waals surface area contributed by atoms with E-state index in [1.54, 1.807) is 4.90 Å². The van der Waals surface area contributed by atoms with Gasteiger partial charge in [-0.1, -0.05) is 18.2 Å². The molecule has 2 aromatic rings. The molecular formula is C18H19N5O2S. The van der Waals surface area contributed by atoms with Gasteiger partial charge < -0.3 is 20.4 Å². The van der Waals surface area contributed by atoms with E-state index in [1.807, 2.05) is 24.3 Å². The highest BCUT2D eigenvalue weighted by atomic mass is 32.1. The van der Waals surface area contributed by atoms with E-state index in [2.05, 4.69) is 14.7 Å². The van der Waals surface area contributed by atoms with E-state index >= 15 is 0 Å². The monoisotopic (exact) mass is 369 g/mol. The van der Waals surface area contributed by atoms with Gasteiger partial charge in [-0.15, -0.1) is 0 Å². The second kappa shape index (κ2) is 7.35. The molecule has 0 bridgehead atoms. The van der Waals surface area contributed by atoms with Crippen LogP contribution in [0.1, 0.15) is 17.0 Å². The molecule has 3 heterocycles. The van der Waals surface area contributed by atoms with Crippen LogP contribution in [-0.2, 0) is 9.53 Å². The van der Waals surface area contributed by atoms with Crippen LogP contribution in [0.15, 0.2) is 24.3 Å². The van der Waals surface area contributed by atoms with E-state index in [0.29, 0.717) is 25.6 Å². The maximum absolute atomic E-state index is 10.8. The Morgan fingerprint density at radius 2 is 2.27 bits per heavy atom. The summed E-state index contributed by atoms with van der Waals surface area (Å²) in [6, 6.07) is 6.13. The van der Waals surface area contributed by atoms with Crippen LogP contribution in [0.2, 0.25) is 0 Å². The zero-order chi connectivity index (χ0) is 17.9. The zero-order valence-electron chi connectivity index (χ0n) is 14.1.